The van der Waals surface area contributed by atoms with Crippen LogP contribution in [0.1, 0.15) is 23.9 Å². The van der Waals surface area contributed by atoms with Gasteiger partial charge in [-0.05, 0) is 19.1 Å². The number of aryl methyl sites for hydroxylation is 1. The molecule has 0 amide bonds. The van der Waals surface area contributed by atoms with Crippen molar-refractivity contribution in [1.29, 1.82) is 0 Å². The summed E-state index contributed by atoms with van der Waals surface area (Å²) in [6.45, 7) is 1.79. The van der Waals surface area contributed by atoms with Crippen LogP contribution in [0, 0.1) is 6.92 Å². The Kier molecular flexibility index (Phi) is 2.97. The van der Waals surface area contributed by atoms with Gasteiger partial charge in [-0.1, -0.05) is 6.07 Å². The minimum Gasteiger partial charge on any atom is -0.481 e. The molecule has 0 saturated heterocycles. The number of aromatic nitrogens is 1. The van der Waals surface area contributed by atoms with Gasteiger partial charge in [-0.25, -0.2) is 0 Å². The molecule has 0 fully saturated rings. The Morgan fingerprint density at radius 1 is 1.62 bits per heavy atom. The molecule has 2 N–H and O–H groups in total. The zero-order valence-corrected chi connectivity index (χ0v) is 7.27. The summed E-state index contributed by atoms with van der Waals surface area (Å²) in [5.74, 6) is -1.03. The molecule has 0 bridgehead atoms. The maximum Gasteiger partial charge on any atom is 0.306 e. The van der Waals surface area contributed by atoms with Gasteiger partial charge in [0, 0.05) is 5.69 Å². The molecule has 0 aliphatic carbocycles. The van der Waals surface area contributed by atoms with Crippen molar-refractivity contribution in [3.8, 4) is 0 Å². The highest BCUT2D eigenvalue weighted by Gasteiger charge is 2.12. The van der Waals surface area contributed by atoms with E-state index < -0.39 is 12.1 Å². The van der Waals surface area contributed by atoms with E-state index >= 15 is 0 Å². The van der Waals surface area contributed by atoms with Gasteiger partial charge in [0.1, 0.15) is 6.10 Å². The van der Waals surface area contributed by atoms with Gasteiger partial charge in [0.25, 0.3) is 0 Å². The predicted octanol–water partition coefficient (Wildman–Crippen LogP) is 0.898. The van der Waals surface area contributed by atoms with Gasteiger partial charge in [0.2, 0.25) is 0 Å². The second kappa shape index (κ2) is 4.00. The average molecular weight is 181 g/mol. The van der Waals surface area contributed by atoms with Crippen LogP contribution >= 0.6 is 0 Å². The number of aliphatic hydroxyl groups excluding tert-OH is 1. The zero-order valence-electron chi connectivity index (χ0n) is 7.27. The van der Waals surface area contributed by atoms with Crippen molar-refractivity contribution in [3.63, 3.8) is 0 Å². The largest absolute Gasteiger partial charge is 0.481 e. The molecule has 1 aromatic heterocycles. The lowest BCUT2D eigenvalue weighted by Gasteiger charge is -2.07. The smallest absolute Gasteiger partial charge is 0.306 e. The minimum atomic E-state index is -1.03. The Labute approximate surface area is 75.9 Å². The molecule has 70 valence electrons. The Hall–Kier alpha value is -1.42. The molecule has 0 aromatic carbocycles. The van der Waals surface area contributed by atoms with Crippen LogP contribution in [0.25, 0.3) is 0 Å². The molecule has 0 unspecified atom stereocenters. The van der Waals surface area contributed by atoms with Gasteiger partial charge in [-0.2, -0.15) is 0 Å². The molecule has 0 radical (unpaired) electrons. The highest BCUT2D eigenvalue weighted by molar-refractivity contribution is 5.67. The molecule has 0 spiro atoms. The van der Waals surface area contributed by atoms with Crippen LogP contribution in [0.15, 0.2) is 18.2 Å². The van der Waals surface area contributed by atoms with Crippen molar-refractivity contribution in [3.05, 3.63) is 29.6 Å². The Balaban J connectivity index is 2.76. The highest BCUT2D eigenvalue weighted by atomic mass is 16.4. The monoisotopic (exact) mass is 181 g/mol. The number of carbonyl (C=O) groups is 1. The van der Waals surface area contributed by atoms with E-state index in [0.29, 0.717) is 5.69 Å². The Morgan fingerprint density at radius 2 is 2.31 bits per heavy atom. The van der Waals surface area contributed by atoms with E-state index in [0.717, 1.165) is 5.69 Å². The minimum absolute atomic E-state index is 0.309. The van der Waals surface area contributed by atoms with Gasteiger partial charge >= 0.3 is 5.97 Å². The maximum atomic E-state index is 10.3. The maximum absolute atomic E-state index is 10.3. The molecule has 1 aromatic rings. The number of aliphatic hydroxyl groups is 1. The van der Waals surface area contributed by atoms with E-state index in [1.54, 1.807) is 25.1 Å². The van der Waals surface area contributed by atoms with Crippen molar-refractivity contribution in [1.82, 2.24) is 4.98 Å². The highest BCUT2D eigenvalue weighted by Crippen LogP contribution is 2.13. The SMILES string of the molecule is Cc1cccc([C@@H](O)CC(=O)O)n1. The third kappa shape index (κ3) is 2.83. The van der Waals surface area contributed by atoms with Crippen LogP contribution in [-0.2, 0) is 4.79 Å². The zero-order chi connectivity index (χ0) is 9.84. The first kappa shape index (κ1) is 9.67. The number of carboxylic acids is 1. The number of hydrogen-bond donors (Lipinski definition) is 2. The number of rotatable bonds is 3. The molecule has 1 rings (SSSR count). The summed E-state index contributed by atoms with van der Waals surface area (Å²) < 4.78 is 0. The molecule has 0 aliphatic heterocycles. The summed E-state index contributed by atoms with van der Waals surface area (Å²) in [7, 11) is 0. The Morgan fingerprint density at radius 3 is 2.85 bits per heavy atom. The van der Waals surface area contributed by atoms with E-state index in [1.165, 1.54) is 0 Å². The molecule has 4 nitrogen and oxygen atoms in total. The van der Waals surface area contributed by atoms with Crippen LogP contribution in [0.2, 0.25) is 0 Å². The van der Waals surface area contributed by atoms with Crippen LogP contribution in [-0.4, -0.2) is 21.2 Å². The van der Waals surface area contributed by atoms with Gasteiger partial charge in [0.15, 0.2) is 0 Å². The molecule has 0 aliphatic rings. The van der Waals surface area contributed by atoms with Crippen molar-refractivity contribution in [2.24, 2.45) is 0 Å². The van der Waals surface area contributed by atoms with Crippen molar-refractivity contribution in [2.45, 2.75) is 19.4 Å². The van der Waals surface area contributed by atoms with Crippen LogP contribution in [0.5, 0.6) is 0 Å². The second-order valence-electron chi connectivity index (χ2n) is 2.82. The lowest BCUT2D eigenvalue weighted by Crippen LogP contribution is -2.07. The number of carboxylic acid groups (broad SMARTS) is 1. The molecule has 13 heavy (non-hydrogen) atoms. The quantitative estimate of drug-likeness (QED) is 0.726. The summed E-state index contributed by atoms with van der Waals surface area (Å²) in [4.78, 5) is 14.3. The standard InChI is InChI=1S/C9H11NO3/c1-6-3-2-4-7(10-6)8(11)5-9(12)13/h2-4,8,11H,5H2,1H3,(H,12,13)/t8-/m0/s1. The number of pyridine rings is 1. The molecule has 0 saturated carbocycles. The van der Waals surface area contributed by atoms with Gasteiger partial charge in [0.05, 0.1) is 12.1 Å². The van der Waals surface area contributed by atoms with E-state index in [1.807, 2.05) is 0 Å². The van der Waals surface area contributed by atoms with E-state index in [2.05, 4.69) is 4.98 Å². The third-order valence-electron chi connectivity index (χ3n) is 1.62. The van der Waals surface area contributed by atoms with Crippen LogP contribution in [0.4, 0.5) is 0 Å². The number of aliphatic carboxylic acids is 1. The first-order valence-corrected chi connectivity index (χ1v) is 3.93. The fourth-order valence-electron chi connectivity index (χ4n) is 1.02. The van der Waals surface area contributed by atoms with Crippen LogP contribution < -0.4 is 0 Å². The summed E-state index contributed by atoms with van der Waals surface area (Å²) in [6.07, 6.45) is -1.33. The average Bonchev–Trinajstić information content (AvgIpc) is 2.03. The van der Waals surface area contributed by atoms with Crippen LogP contribution in [0.3, 0.4) is 0 Å². The van der Waals surface area contributed by atoms with E-state index in [4.69, 9.17) is 5.11 Å². The lowest BCUT2D eigenvalue weighted by molar-refractivity contribution is -0.139. The summed E-state index contributed by atoms with van der Waals surface area (Å²) in [5.41, 5.74) is 1.17. The first-order chi connectivity index (χ1) is 6.09. The predicted molar refractivity (Wildman–Crippen MR) is 46.2 cm³/mol. The molecule has 4 heteroatoms. The fraction of sp³-hybridized carbons (Fsp3) is 0.333. The van der Waals surface area contributed by atoms with Gasteiger partial charge in [-0.3, -0.25) is 9.78 Å². The van der Waals surface area contributed by atoms with Crippen molar-refractivity contribution in [2.75, 3.05) is 0 Å². The lowest BCUT2D eigenvalue weighted by atomic mass is 10.1. The fourth-order valence-corrected chi connectivity index (χ4v) is 1.02. The van der Waals surface area contributed by atoms with Crippen molar-refractivity contribution >= 4 is 5.97 Å². The summed E-state index contributed by atoms with van der Waals surface area (Å²) in [5, 5.41) is 17.8. The normalized spacial score (nSPS) is 12.5. The molecular weight excluding hydrogens is 170 g/mol. The number of hydrogen-bond acceptors (Lipinski definition) is 3. The molecule has 1 atom stereocenters. The summed E-state index contributed by atoms with van der Waals surface area (Å²) >= 11 is 0. The van der Waals surface area contributed by atoms with Gasteiger partial charge < -0.3 is 10.2 Å². The molecular formula is C9H11NO3. The van der Waals surface area contributed by atoms with Crippen molar-refractivity contribution < 1.29 is 15.0 Å². The first-order valence-electron chi connectivity index (χ1n) is 3.93. The second-order valence-corrected chi connectivity index (χ2v) is 2.82. The third-order valence-corrected chi connectivity index (χ3v) is 1.62. The number of nitrogens with zero attached hydrogens (tertiary/aromatic N) is 1. The molecule has 1 heterocycles. The van der Waals surface area contributed by atoms with E-state index in [9.17, 15) is 9.90 Å². The summed E-state index contributed by atoms with van der Waals surface area (Å²) in [6, 6.07) is 5.14. The van der Waals surface area contributed by atoms with E-state index in [-0.39, 0.29) is 6.42 Å². The Bertz CT molecular complexity index is 311. The van der Waals surface area contributed by atoms with Gasteiger partial charge in [-0.15, -0.1) is 0 Å². The topological polar surface area (TPSA) is 70.4 Å².